The topological polar surface area (TPSA) is 77.0 Å². The fourth-order valence-corrected chi connectivity index (χ4v) is 2.51. The lowest BCUT2D eigenvalue weighted by molar-refractivity contribution is -0.188. The van der Waals surface area contributed by atoms with Crippen LogP contribution in [0.2, 0.25) is 0 Å². The zero-order chi connectivity index (χ0) is 18.6. The second-order valence-electron chi connectivity index (χ2n) is 5.39. The van der Waals surface area contributed by atoms with E-state index in [4.69, 9.17) is 4.74 Å². The van der Waals surface area contributed by atoms with Gasteiger partial charge < -0.3 is 14.8 Å². The number of esters is 1. The predicted octanol–water partition coefficient (Wildman–Crippen LogP) is 3.03. The van der Waals surface area contributed by atoms with E-state index in [1.165, 1.54) is 6.92 Å². The van der Waals surface area contributed by atoms with Gasteiger partial charge in [-0.1, -0.05) is 12.1 Å². The molecule has 1 heterocycles. The molecule has 1 N–H and O–H groups in total. The van der Waals surface area contributed by atoms with Crippen LogP contribution in [0, 0.1) is 5.92 Å². The number of hydrogen-bond donors (Lipinski definition) is 1. The van der Waals surface area contributed by atoms with Gasteiger partial charge in [-0.05, 0) is 31.5 Å². The van der Waals surface area contributed by atoms with E-state index in [-0.39, 0.29) is 5.71 Å². The lowest BCUT2D eigenvalue weighted by atomic mass is 9.88. The molecule has 9 heteroatoms. The highest BCUT2D eigenvalue weighted by Gasteiger charge is 2.40. The zero-order valence-corrected chi connectivity index (χ0v) is 13.6. The number of amides is 2. The quantitative estimate of drug-likeness (QED) is 0.821. The number of alkyl halides is 3. The van der Waals surface area contributed by atoms with Crippen LogP contribution in [-0.4, -0.2) is 37.1 Å². The number of hydrogen-bond acceptors (Lipinski definition) is 4. The van der Waals surface area contributed by atoms with Crippen molar-refractivity contribution in [3.05, 3.63) is 29.8 Å². The van der Waals surface area contributed by atoms with Crippen molar-refractivity contribution in [1.82, 2.24) is 5.32 Å². The number of nitrogens with zero attached hydrogens (tertiary/aromatic N) is 1. The van der Waals surface area contributed by atoms with Gasteiger partial charge in [0.1, 0.15) is 11.7 Å². The van der Waals surface area contributed by atoms with Gasteiger partial charge in [-0.2, -0.15) is 13.2 Å². The Morgan fingerprint density at radius 1 is 1.36 bits per heavy atom. The summed E-state index contributed by atoms with van der Waals surface area (Å²) >= 11 is 0. The molecule has 0 fully saturated rings. The second-order valence-corrected chi connectivity index (χ2v) is 5.39. The highest BCUT2D eigenvalue weighted by Crippen LogP contribution is 2.30. The van der Waals surface area contributed by atoms with E-state index in [0.29, 0.717) is 17.9 Å². The molecule has 0 radical (unpaired) electrons. The maximum atomic E-state index is 12.3. The number of carbonyl (C=O) groups is 2. The highest BCUT2D eigenvalue weighted by atomic mass is 19.4. The van der Waals surface area contributed by atoms with Gasteiger partial charge in [-0.15, -0.1) is 0 Å². The molecule has 1 aliphatic heterocycles. The summed E-state index contributed by atoms with van der Waals surface area (Å²) in [5.41, 5.74) is 0.588. The van der Waals surface area contributed by atoms with Gasteiger partial charge in [0.25, 0.3) is 0 Å². The third-order valence-electron chi connectivity index (χ3n) is 3.50. The molecule has 25 heavy (non-hydrogen) atoms. The van der Waals surface area contributed by atoms with E-state index >= 15 is 0 Å². The van der Waals surface area contributed by atoms with Gasteiger partial charge in [0.15, 0.2) is 6.61 Å². The third kappa shape index (κ3) is 4.94. The second kappa shape index (κ2) is 7.54. The first-order valence-electron chi connectivity index (χ1n) is 7.53. The molecule has 2 rings (SSSR count). The van der Waals surface area contributed by atoms with Crippen LogP contribution in [0.1, 0.15) is 25.5 Å². The summed E-state index contributed by atoms with van der Waals surface area (Å²) in [6.07, 6.45) is -4.64. The molecule has 1 aliphatic rings. The van der Waals surface area contributed by atoms with E-state index in [2.05, 4.69) is 15.0 Å². The van der Waals surface area contributed by atoms with Crippen molar-refractivity contribution in [2.24, 2.45) is 10.9 Å². The molecule has 0 bridgehead atoms. The fraction of sp³-hybridized carbons (Fsp3) is 0.438. The summed E-state index contributed by atoms with van der Waals surface area (Å²) in [5, 5.41) is 2.50. The molecule has 0 saturated carbocycles. The summed E-state index contributed by atoms with van der Waals surface area (Å²) in [4.78, 5) is 27.5. The Morgan fingerprint density at radius 3 is 2.72 bits per heavy atom. The number of halogens is 3. The lowest BCUT2D eigenvalue weighted by Gasteiger charge is -2.30. The Balaban J connectivity index is 2.30. The molecule has 6 nitrogen and oxygen atoms in total. The van der Waals surface area contributed by atoms with Crippen molar-refractivity contribution in [2.45, 2.75) is 26.1 Å². The van der Waals surface area contributed by atoms with Gasteiger partial charge in [0, 0.05) is 5.71 Å². The van der Waals surface area contributed by atoms with Crippen LogP contribution in [-0.2, 0) is 9.53 Å². The third-order valence-corrected chi connectivity index (χ3v) is 3.50. The molecular formula is C16H17F3N2O4. The molecule has 136 valence electrons. The number of carbonyl (C=O) groups excluding carboxylic acids is 2. The number of ether oxygens (including phenoxy) is 2. The Labute approximate surface area is 142 Å². The van der Waals surface area contributed by atoms with Crippen molar-refractivity contribution >= 4 is 17.7 Å². The first-order valence-corrected chi connectivity index (χ1v) is 7.53. The van der Waals surface area contributed by atoms with Crippen LogP contribution in [0.15, 0.2) is 29.3 Å². The Kier molecular flexibility index (Phi) is 5.66. The average Bonchev–Trinajstić information content (AvgIpc) is 2.52. The van der Waals surface area contributed by atoms with Gasteiger partial charge in [0.2, 0.25) is 0 Å². The summed E-state index contributed by atoms with van der Waals surface area (Å²) in [5.74, 6) is -1.75. The number of urea groups is 1. The highest BCUT2D eigenvalue weighted by molar-refractivity contribution is 6.08. The number of benzene rings is 1. The Bertz CT molecular complexity index is 688. The Morgan fingerprint density at radius 2 is 2.08 bits per heavy atom. The molecule has 2 unspecified atom stereocenters. The average molecular weight is 358 g/mol. The minimum atomic E-state index is -4.64. The van der Waals surface area contributed by atoms with Crippen molar-refractivity contribution in [3.8, 4) is 5.75 Å². The number of rotatable bonds is 5. The summed E-state index contributed by atoms with van der Waals surface area (Å²) < 4.78 is 46.6. The van der Waals surface area contributed by atoms with Crippen molar-refractivity contribution in [1.29, 1.82) is 0 Å². The molecule has 1 aromatic rings. The van der Waals surface area contributed by atoms with Gasteiger partial charge in [0.05, 0.1) is 12.6 Å². The van der Waals surface area contributed by atoms with Crippen LogP contribution < -0.4 is 10.1 Å². The van der Waals surface area contributed by atoms with Crippen LogP contribution in [0.5, 0.6) is 5.75 Å². The fourth-order valence-electron chi connectivity index (χ4n) is 2.51. The largest absolute Gasteiger partial charge is 0.494 e. The maximum absolute atomic E-state index is 12.3. The van der Waals surface area contributed by atoms with E-state index in [9.17, 15) is 22.8 Å². The first kappa shape index (κ1) is 18.8. The summed E-state index contributed by atoms with van der Waals surface area (Å²) in [6.45, 7) is 1.91. The molecule has 0 spiro atoms. The van der Waals surface area contributed by atoms with Gasteiger partial charge >= 0.3 is 18.2 Å². The predicted molar refractivity (Wildman–Crippen MR) is 82.5 cm³/mol. The molecule has 1 aromatic carbocycles. The van der Waals surface area contributed by atoms with E-state index in [0.717, 1.165) is 0 Å². The summed E-state index contributed by atoms with van der Waals surface area (Å²) in [6, 6.07) is 5.02. The Hall–Kier alpha value is -2.58. The smallest absolute Gasteiger partial charge is 0.422 e. The van der Waals surface area contributed by atoms with Crippen LogP contribution >= 0.6 is 0 Å². The molecule has 0 aliphatic carbocycles. The zero-order valence-electron chi connectivity index (χ0n) is 13.6. The molecular weight excluding hydrogens is 341 g/mol. The van der Waals surface area contributed by atoms with Crippen LogP contribution in [0.4, 0.5) is 18.0 Å². The standard InChI is InChI=1S/C16H17F3N2O4/c1-3-24-11-6-4-5-10(7-11)13-12(9(2)20-15(23)21-13)14(22)25-8-16(17,18)19/h4-7,12-13H,3,8H2,1-2H3,(H,21,23). The van der Waals surface area contributed by atoms with Gasteiger partial charge in [-0.3, -0.25) is 4.79 Å². The van der Waals surface area contributed by atoms with Crippen molar-refractivity contribution < 1.29 is 32.2 Å². The van der Waals surface area contributed by atoms with Gasteiger partial charge in [-0.25, -0.2) is 9.79 Å². The van der Waals surface area contributed by atoms with Crippen LogP contribution in [0.3, 0.4) is 0 Å². The lowest BCUT2D eigenvalue weighted by Crippen LogP contribution is -2.44. The molecule has 2 amide bonds. The minimum Gasteiger partial charge on any atom is -0.494 e. The van der Waals surface area contributed by atoms with E-state index < -0.39 is 36.7 Å². The summed E-state index contributed by atoms with van der Waals surface area (Å²) in [7, 11) is 0. The monoisotopic (exact) mass is 358 g/mol. The maximum Gasteiger partial charge on any atom is 0.422 e. The SMILES string of the molecule is CCOc1cccc(C2NC(=O)N=C(C)C2C(=O)OCC(F)(F)F)c1. The normalized spacial score (nSPS) is 20.5. The molecule has 0 saturated heterocycles. The number of nitrogens with one attached hydrogen (secondary N) is 1. The van der Waals surface area contributed by atoms with E-state index in [1.807, 2.05) is 0 Å². The van der Waals surface area contributed by atoms with Crippen LogP contribution in [0.25, 0.3) is 0 Å². The minimum absolute atomic E-state index is 0.0859. The number of aliphatic imine (C=N–C) groups is 1. The molecule has 0 aromatic heterocycles. The van der Waals surface area contributed by atoms with Crippen molar-refractivity contribution in [3.63, 3.8) is 0 Å². The first-order chi connectivity index (χ1) is 11.7. The van der Waals surface area contributed by atoms with Crippen molar-refractivity contribution in [2.75, 3.05) is 13.2 Å². The molecule has 2 atom stereocenters. The van der Waals surface area contributed by atoms with E-state index in [1.54, 1.807) is 31.2 Å².